The number of imide groups is 2. The molecule has 2 aliphatic rings. The van der Waals surface area contributed by atoms with E-state index in [1.807, 2.05) is 0 Å². The van der Waals surface area contributed by atoms with Crippen LogP contribution >= 0.6 is 0 Å². The summed E-state index contributed by atoms with van der Waals surface area (Å²) in [6.07, 6.45) is 3.39. The van der Waals surface area contributed by atoms with E-state index in [1.165, 1.54) is 13.0 Å². The van der Waals surface area contributed by atoms with Crippen LogP contribution in [-0.4, -0.2) is 46.8 Å². The summed E-state index contributed by atoms with van der Waals surface area (Å²) in [5, 5.41) is 0. The van der Waals surface area contributed by atoms with Gasteiger partial charge in [-0.2, -0.15) is 0 Å². The van der Waals surface area contributed by atoms with Crippen LogP contribution in [0.5, 0.6) is 0 Å². The highest BCUT2D eigenvalue weighted by Gasteiger charge is 2.33. The first-order chi connectivity index (χ1) is 8.92. The van der Waals surface area contributed by atoms with Crippen LogP contribution in [0, 0.1) is 0 Å². The summed E-state index contributed by atoms with van der Waals surface area (Å²) in [6.45, 7) is 1.43. The predicted molar refractivity (Wildman–Crippen MR) is 64.7 cm³/mol. The van der Waals surface area contributed by atoms with Crippen LogP contribution in [0.3, 0.4) is 0 Å². The van der Waals surface area contributed by atoms with Gasteiger partial charge in [0.2, 0.25) is 0 Å². The Morgan fingerprint density at radius 1 is 0.947 bits per heavy atom. The molecule has 2 heterocycles. The van der Waals surface area contributed by atoms with Crippen molar-refractivity contribution >= 4 is 23.6 Å². The summed E-state index contributed by atoms with van der Waals surface area (Å²) in [5.74, 6) is -2.02. The third-order valence-corrected chi connectivity index (χ3v) is 2.37. The third kappa shape index (κ3) is 3.12. The minimum atomic E-state index is -0.518. The Morgan fingerprint density at radius 2 is 1.42 bits per heavy atom. The van der Waals surface area contributed by atoms with Crippen LogP contribution in [0.15, 0.2) is 23.8 Å². The highest BCUT2D eigenvalue weighted by molar-refractivity contribution is 6.17. The highest BCUT2D eigenvalue weighted by atomic mass is 16.2. The van der Waals surface area contributed by atoms with Crippen molar-refractivity contribution in [3.63, 3.8) is 0 Å². The number of amides is 4. The number of hydrogen-bond donors (Lipinski definition) is 2. The van der Waals surface area contributed by atoms with Crippen LogP contribution in [-0.2, 0) is 19.2 Å². The average molecular weight is 266 g/mol. The molecule has 8 heteroatoms. The second-order valence-corrected chi connectivity index (χ2v) is 3.71. The molecule has 0 fully saturated rings. The first-order valence-electron chi connectivity index (χ1n) is 5.40. The fraction of sp³-hybridized carbons (Fsp3) is 0.273. The molecule has 0 atom stereocenters. The SMILES string of the molecule is CC1=CC(=O)N(CN2C(=O)C=CC2=O)C1=O.NCN. The van der Waals surface area contributed by atoms with Gasteiger partial charge in [-0.25, -0.2) is 0 Å². The van der Waals surface area contributed by atoms with Crippen LogP contribution in [0.25, 0.3) is 0 Å². The summed E-state index contributed by atoms with van der Waals surface area (Å²) in [5.41, 5.74) is 9.55. The predicted octanol–water partition coefficient (Wildman–Crippen LogP) is -1.95. The maximum absolute atomic E-state index is 11.5. The van der Waals surface area contributed by atoms with Gasteiger partial charge in [-0.3, -0.25) is 29.0 Å². The van der Waals surface area contributed by atoms with Crippen molar-refractivity contribution in [3.8, 4) is 0 Å². The van der Waals surface area contributed by atoms with E-state index >= 15 is 0 Å². The zero-order chi connectivity index (χ0) is 14.6. The standard InChI is InChI=1S/C10H8N2O4.CH6N2/c1-6-4-9(15)12(10(6)16)5-11-7(13)2-3-8(11)14;2-1-3/h2-4H,5H2,1H3;1-3H2. The van der Waals surface area contributed by atoms with E-state index in [0.29, 0.717) is 5.57 Å². The van der Waals surface area contributed by atoms with Gasteiger partial charge in [0.1, 0.15) is 6.67 Å². The minimum Gasteiger partial charge on any atom is -0.319 e. The molecule has 0 radical (unpaired) electrons. The summed E-state index contributed by atoms with van der Waals surface area (Å²) >= 11 is 0. The van der Waals surface area contributed by atoms with Gasteiger partial charge in [0.05, 0.1) is 0 Å². The Morgan fingerprint density at radius 3 is 1.79 bits per heavy atom. The fourth-order valence-corrected chi connectivity index (χ4v) is 1.48. The summed E-state index contributed by atoms with van der Waals surface area (Å²) in [7, 11) is 0. The number of carbonyl (C=O) groups excluding carboxylic acids is 4. The van der Waals surface area contributed by atoms with Gasteiger partial charge in [-0.15, -0.1) is 0 Å². The van der Waals surface area contributed by atoms with E-state index in [1.54, 1.807) is 0 Å². The number of nitrogens with two attached hydrogens (primary N) is 2. The molecule has 0 spiro atoms. The van der Waals surface area contributed by atoms with Crippen molar-refractivity contribution in [2.45, 2.75) is 6.92 Å². The van der Waals surface area contributed by atoms with Crippen LogP contribution < -0.4 is 11.5 Å². The summed E-state index contributed by atoms with van der Waals surface area (Å²) in [4.78, 5) is 47.0. The molecule has 0 aliphatic carbocycles. The lowest BCUT2D eigenvalue weighted by atomic mass is 10.3. The maximum atomic E-state index is 11.5. The molecule has 0 unspecified atom stereocenters. The molecule has 0 aromatic heterocycles. The van der Waals surface area contributed by atoms with Crippen molar-refractivity contribution in [3.05, 3.63) is 23.8 Å². The zero-order valence-electron chi connectivity index (χ0n) is 10.3. The number of carbonyl (C=O) groups is 4. The van der Waals surface area contributed by atoms with E-state index in [2.05, 4.69) is 11.5 Å². The lowest BCUT2D eigenvalue weighted by Crippen LogP contribution is -2.44. The van der Waals surface area contributed by atoms with E-state index < -0.39 is 23.6 Å². The van der Waals surface area contributed by atoms with E-state index in [9.17, 15) is 19.2 Å². The molecule has 0 saturated heterocycles. The van der Waals surface area contributed by atoms with Crippen molar-refractivity contribution in [2.75, 3.05) is 13.3 Å². The van der Waals surface area contributed by atoms with Gasteiger partial charge in [0.25, 0.3) is 23.6 Å². The molecule has 0 aromatic carbocycles. The highest BCUT2D eigenvalue weighted by Crippen LogP contribution is 2.14. The van der Waals surface area contributed by atoms with Gasteiger partial charge in [-0.05, 0) is 6.92 Å². The van der Waals surface area contributed by atoms with Gasteiger partial charge >= 0.3 is 0 Å². The molecule has 0 bridgehead atoms. The zero-order valence-corrected chi connectivity index (χ0v) is 10.3. The smallest absolute Gasteiger partial charge is 0.258 e. The van der Waals surface area contributed by atoms with Gasteiger partial charge in [0, 0.05) is 30.5 Å². The van der Waals surface area contributed by atoms with Crippen molar-refractivity contribution in [1.82, 2.24) is 9.80 Å². The molecule has 19 heavy (non-hydrogen) atoms. The lowest BCUT2D eigenvalue weighted by Gasteiger charge is -2.20. The van der Waals surface area contributed by atoms with E-state index in [4.69, 9.17) is 0 Å². The Hall–Kier alpha value is -2.32. The number of nitrogens with zero attached hydrogens (tertiary/aromatic N) is 2. The normalized spacial score (nSPS) is 17.9. The Balaban J connectivity index is 0.000000550. The van der Waals surface area contributed by atoms with Crippen molar-refractivity contribution in [2.24, 2.45) is 11.5 Å². The molecular formula is C11H14N4O4. The first-order valence-corrected chi connectivity index (χ1v) is 5.40. The molecule has 4 amide bonds. The van der Waals surface area contributed by atoms with Crippen molar-refractivity contribution in [1.29, 1.82) is 0 Å². The molecule has 0 saturated carbocycles. The monoisotopic (exact) mass is 266 g/mol. The first kappa shape index (κ1) is 14.7. The molecule has 2 aliphatic heterocycles. The average Bonchev–Trinajstić information content (AvgIpc) is 2.77. The second-order valence-electron chi connectivity index (χ2n) is 3.71. The van der Waals surface area contributed by atoms with Crippen molar-refractivity contribution < 1.29 is 19.2 Å². The molecule has 4 N–H and O–H groups in total. The summed E-state index contributed by atoms with van der Waals surface area (Å²) < 4.78 is 0. The maximum Gasteiger partial charge on any atom is 0.258 e. The molecular weight excluding hydrogens is 252 g/mol. The minimum absolute atomic E-state index is 0.250. The van der Waals surface area contributed by atoms with Gasteiger partial charge < -0.3 is 11.5 Å². The Labute approximate surface area is 109 Å². The Kier molecular flexibility index (Phi) is 4.67. The van der Waals surface area contributed by atoms with Gasteiger partial charge in [0.15, 0.2) is 0 Å². The fourth-order valence-electron chi connectivity index (χ4n) is 1.48. The molecule has 102 valence electrons. The number of hydrogen-bond acceptors (Lipinski definition) is 6. The van der Waals surface area contributed by atoms with E-state index in [-0.39, 0.29) is 13.3 Å². The Bertz CT molecular complexity index is 477. The molecule has 8 nitrogen and oxygen atoms in total. The lowest BCUT2D eigenvalue weighted by molar-refractivity contribution is -0.145. The molecule has 0 aromatic rings. The topological polar surface area (TPSA) is 127 Å². The summed E-state index contributed by atoms with van der Waals surface area (Å²) in [6, 6.07) is 0. The van der Waals surface area contributed by atoms with Crippen LogP contribution in [0.1, 0.15) is 6.92 Å². The second kappa shape index (κ2) is 6.03. The molecule has 2 rings (SSSR count). The third-order valence-electron chi connectivity index (χ3n) is 2.37. The quantitative estimate of drug-likeness (QED) is 0.441. The van der Waals surface area contributed by atoms with Crippen LogP contribution in [0.2, 0.25) is 0 Å². The van der Waals surface area contributed by atoms with E-state index in [0.717, 1.165) is 22.0 Å². The van der Waals surface area contributed by atoms with Gasteiger partial charge in [-0.1, -0.05) is 0 Å². The number of rotatable bonds is 2. The van der Waals surface area contributed by atoms with Crippen LogP contribution in [0.4, 0.5) is 0 Å². The largest absolute Gasteiger partial charge is 0.319 e.